The van der Waals surface area contributed by atoms with Gasteiger partial charge in [0.05, 0.1) is 6.54 Å². The average Bonchev–Trinajstić information content (AvgIpc) is 2.59. The molecule has 1 aromatic carbocycles. The summed E-state index contributed by atoms with van der Waals surface area (Å²) in [6.45, 7) is 8.60. The van der Waals surface area contributed by atoms with Crippen LogP contribution in [0.5, 0.6) is 0 Å². The number of hydrogen-bond donors (Lipinski definition) is 2. The molecule has 2 aromatic rings. The molecule has 1 heterocycles. The summed E-state index contributed by atoms with van der Waals surface area (Å²) in [4.78, 5) is 8.68. The first-order valence-electron chi connectivity index (χ1n) is 8.27. The van der Waals surface area contributed by atoms with Gasteiger partial charge >= 0.3 is 0 Å². The number of benzene rings is 1. The molecule has 1 aromatic heterocycles. The molecular weight excluding hydrogens is 320 g/mol. The van der Waals surface area contributed by atoms with Crippen LogP contribution < -0.4 is 10.6 Å². The number of rotatable bonds is 6. The van der Waals surface area contributed by atoms with Gasteiger partial charge in [-0.1, -0.05) is 54.4 Å². The minimum absolute atomic E-state index is 0.409. The first-order chi connectivity index (χ1) is 11.6. The molecular formula is C19H25ClN4. The van der Waals surface area contributed by atoms with Crippen molar-refractivity contribution in [3.8, 4) is 0 Å². The molecule has 128 valence electrons. The lowest BCUT2D eigenvalue weighted by Crippen LogP contribution is -2.39. The molecule has 1 unspecified atom stereocenters. The number of halogens is 1. The zero-order chi connectivity index (χ0) is 17.4. The van der Waals surface area contributed by atoms with Gasteiger partial charge in [0.2, 0.25) is 0 Å². The van der Waals surface area contributed by atoms with Crippen molar-refractivity contribution in [2.75, 3.05) is 13.1 Å². The van der Waals surface area contributed by atoms with Crippen LogP contribution in [0.2, 0.25) is 5.15 Å². The predicted molar refractivity (Wildman–Crippen MR) is 102 cm³/mol. The standard InChI is InChI=1S/C19H25ClN4/c1-4-21-19(24-13-16-7-10-18(20)22-12-16)23-11-15(3)17-8-5-14(2)6-9-17/h5-10,12,15H,4,11,13H2,1-3H3,(H2,21,23,24). The van der Waals surface area contributed by atoms with Crippen molar-refractivity contribution in [1.29, 1.82) is 0 Å². The van der Waals surface area contributed by atoms with Gasteiger partial charge in [-0.15, -0.1) is 0 Å². The number of nitrogens with one attached hydrogen (secondary N) is 2. The van der Waals surface area contributed by atoms with Crippen molar-refractivity contribution in [3.05, 3.63) is 64.4 Å². The van der Waals surface area contributed by atoms with E-state index in [-0.39, 0.29) is 0 Å². The van der Waals surface area contributed by atoms with Crippen molar-refractivity contribution in [2.24, 2.45) is 4.99 Å². The summed E-state index contributed by atoms with van der Waals surface area (Å²) in [5.41, 5.74) is 3.64. The molecule has 0 aliphatic rings. The van der Waals surface area contributed by atoms with Crippen LogP contribution in [0.15, 0.2) is 47.6 Å². The van der Waals surface area contributed by atoms with Gasteiger partial charge in [0.25, 0.3) is 0 Å². The lowest BCUT2D eigenvalue weighted by Gasteiger charge is -2.16. The molecule has 0 spiro atoms. The van der Waals surface area contributed by atoms with E-state index in [1.165, 1.54) is 11.1 Å². The molecule has 0 bridgehead atoms. The molecule has 2 N–H and O–H groups in total. The summed E-state index contributed by atoms with van der Waals surface area (Å²) >= 11 is 5.80. The lowest BCUT2D eigenvalue weighted by molar-refractivity contribution is 0.699. The maximum atomic E-state index is 5.80. The number of guanidine groups is 1. The summed E-state index contributed by atoms with van der Waals surface area (Å²) in [5, 5.41) is 7.18. The number of aryl methyl sites for hydroxylation is 1. The highest BCUT2D eigenvalue weighted by Crippen LogP contribution is 2.14. The van der Waals surface area contributed by atoms with Crippen LogP contribution in [0.1, 0.15) is 36.5 Å². The van der Waals surface area contributed by atoms with Crippen molar-refractivity contribution < 1.29 is 0 Å². The van der Waals surface area contributed by atoms with E-state index in [1.807, 2.05) is 6.07 Å². The summed E-state index contributed by atoms with van der Waals surface area (Å²) in [6.07, 6.45) is 1.75. The second kappa shape index (κ2) is 9.28. The second-order valence-corrected chi connectivity index (χ2v) is 6.26. The summed E-state index contributed by atoms with van der Waals surface area (Å²) in [6, 6.07) is 12.4. The van der Waals surface area contributed by atoms with Gasteiger partial charge in [-0.25, -0.2) is 9.98 Å². The van der Waals surface area contributed by atoms with Crippen LogP contribution in [-0.2, 0) is 6.54 Å². The van der Waals surface area contributed by atoms with Crippen molar-refractivity contribution in [3.63, 3.8) is 0 Å². The third kappa shape index (κ3) is 5.85. The third-order valence-corrected chi connectivity index (χ3v) is 4.00. The Bertz CT molecular complexity index is 650. The fourth-order valence-electron chi connectivity index (χ4n) is 2.27. The highest BCUT2D eigenvalue weighted by molar-refractivity contribution is 6.29. The summed E-state index contributed by atoms with van der Waals surface area (Å²) in [5.74, 6) is 1.22. The summed E-state index contributed by atoms with van der Waals surface area (Å²) in [7, 11) is 0. The molecule has 1 atom stereocenters. The smallest absolute Gasteiger partial charge is 0.191 e. The minimum Gasteiger partial charge on any atom is -0.357 e. The lowest BCUT2D eigenvalue weighted by atomic mass is 10.0. The predicted octanol–water partition coefficient (Wildman–Crippen LogP) is 3.90. The van der Waals surface area contributed by atoms with Gasteiger partial charge in [-0.2, -0.15) is 0 Å². The first kappa shape index (κ1) is 18.3. The Labute approximate surface area is 149 Å². The fraction of sp³-hybridized carbons (Fsp3) is 0.368. The Kier molecular flexibility index (Phi) is 7.07. The van der Waals surface area contributed by atoms with Crippen LogP contribution >= 0.6 is 11.6 Å². The van der Waals surface area contributed by atoms with E-state index in [1.54, 1.807) is 12.3 Å². The highest BCUT2D eigenvalue weighted by Gasteiger charge is 2.06. The molecule has 5 heteroatoms. The fourth-order valence-corrected chi connectivity index (χ4v) is 2.39. The number of pyridine rings is 1. The Morgan fingerprint density at radius 3 is 2.54 bits per heavy atom. The van der Waals surface area contributed by atoms with E-state index >= 15 is 0 Å². The Morgan fingerprint density at radius 1 is 1.17 bits per heavy atom. The SMILES string of the molecule is CCNC(=NCc1ccc(Cl)nc1)NCC(C)c1ccc(C)cc1. The number of aliphatic imine (C=N–C) groups is 1. The van der Waals surface area contributed by atoms with Gasteiger partial charge < -0.3 is 10.6 Å². The minimum atomic E-state index is 0.409. The average molecular weight is 345 g/mol. The van der Waals surface area contributed by atoms with Gasteiger partial charge in [-0.05, 0) is 37.0 Å². The van der Waals surface area contributed by atoms with Crippen molar-refractivity contribution in [2.45, 2.75) is 33.2 Å². The molecule has 0 aliphatic heterocycles. The van der Waals surface area contributed by atoms with E-state index < -0.39 is 0 Å². The van der Waals surface area contributed by atoms with E-state index in [2.05, 4.69) is 65.6 Å². The van der Waals surface area contributed by atoms with E-state index in [9.17, 15) is 0 Å². The van der Waals surface area contributed by atoms with Gasteiger partial charge in [-0.3, -0.25) is 0 Å². The topological polar surface area (TPSA) is 49.3 Å². The zero-order valence-electron chi connectivity index (χ0n) is 14.5. The Morgan fingerprint density at radius 2 is 1.92 bits per heavy atom. The molecule has 0 amide bonds. The molecule has 0 fully saturated rings. The summed E-state index contributed by atoms with van der Waals surface area (Å²) < 4.78 is 0. The zero-order valence-corrected chi connectivity index (χ0v) is 15.3. The van der Waals surface area contributed by atoms with Crippen LogP contribution in [-0.4, -0.2) is 24.0 Å². The van der Waals surface area contributed by atoms with Crippen molar-refractivity contribution >= 4 is 17.6 Å². The Balaban J connectivity index is 1.93. The maximum absolute atomic E-state index is 5.80. The molecule has 0 aliphatic carbocycles. The van der Waals surface area contributed by atoms with E-state index in [0.717, 1.165) is 24.6 Å². The van der Waals surface area contributed by atoms with Crippen LogP contribution in [0.3, 0.4) is 0 Å². The van der Waals surface area contributed by atoms with E-state index in [4.69, 9.17) is 11.6 Å². The molecule has 24 heavy (non-hydrogen) atoms. The molecule has 4 nitrogen and oxygen atoms in total. The maximum Gasteiger partial charge on any atom is 0.191 e. The van der Waals surface area contributed by atoms with Gasteiger partial charge in [0.1, 0.15) is 5.15 Å². The van der Waals surface area contributed by atoms with Crippen LogP contribution in [0.25, 0.3) is 0 Å². The highest BCUT2D eigenvalue weighted by atomic mass is 35.5. The quantitative estimate of drug-likeness (QED) is 0.474. The van der Waals surface area contributed by atoms with Gasteiger partial charge in [0.15, 0.2) is 5.96 Å². The molecule has 2 rings (SSSR count). The molecule has 0 saturated heterocycles. The Hall–Kier alpha value is -2.07. The third-order valence-electron chi connectivity index (χ3n) is 3.77. The number of nitrogens with zero attached hydrogens (tertiary/aromatic N) is 2. The number of aromatic nitrogens is 1. The monoisotopic (exact) mass is 344 g/mol. The van der Waals surface area contributed by atoms with Gasteiger partial charge in [0, 0.05) is 19.3 Å². The van der Waals surface area contributed by atoms with E-state index in [0.29, 0.717) is 17.6 Å². The first-order valence-corrected chi connectivity index (χ1v) is 8.65. The second-order valence-electron chi connectivity index (χ2n) is 5.88. The normalized spacial score (nSPS) is 12.8. The largest absolute Gasteiger partial charge is 0.357 e. The molecule has 0 saturated carbocycles. The number of hydrogen-bond acceptors (Lipinski definition) is 2. The van der Waals surface area contributed by atoms with Crippen LogP contribution in [0, 0.1) is 6.92 Å². The molecule has 0 radical (unpaired) electrons. The van der Waals surface area contributed by atoms with Crippen LogP contribution in [0.4, 0.5) is 0 Å². The van der Waals surface area contributed by atoms with Crippen molar-refractivity contribution in [1.82, 2.24) is 15.6 Å².